The molecule has 1 fully saturated rings. The van der Waals surface area contributed by atoms with Gasteiger partial charge in [-0.05, 0) is 24.3 Å². The van der Waals surface area contributed by atoms with Gasteiger partial charge >= 0.3 is 5.97 Å². The van der Waals surface area contributed by atoms with Gasteiger partial charge in [-0.15, -0.1) is 0 Å². The lowest BCUT2D eigenvalue weighted by Gasteiger charge is -2.34. The number of carbonyl (C=O) groups is 1. The summed E-state index contributed by atoms with van der Waals surface area (Å²) in [7, 11) is 0. The van der Waals surface area contributed by atoms with Crippen LogP contribution in [0.5, 0.6) is 5.75 Å². The van der Waals surface area contributed by atoms with Crippen molar-refractivity contribution in [1.29, 1.82) is 0 Å². The first kappa shape index (κ1) is 13.3. The van der Waals surface area contributed by atoms with Crippen LogP contribution in [0.15, 0.2) is 66.5 Å². The van der Waals surface area contributed by atoms with E-state index in [9.17, 15) is 15.0 Å². The maximum Gasteiger partial charge on any atom is 0.316 e. The van der Waals surface area contributed by atoms with Crippen LogP contribution >= 0.6 is 0 Å². The molecule has 2 bridgehead atoms. The van der Waals surface area contributed by atoms with Crippen LogP contribution < -0.4 is 4.74 Å². The number of rotatable bonds is 2. The van der Waals surface area contributed by atoms with Crippen molar-refractivity contribution >= 4 is 5.97 Å². The number of benzene rings is 1. The fourth-order valence-corrected chi connectivity index (χ4v) is 4.04. The molecule has 2 N–H and O–H groups in total. The molecular weight excluding hydrogens is 280 g/mol. The van der Waals surface area contributed by atoms with E-state index in [1.54, 1.807) is 42.5 Å². The zero-order valence-electron chi connectivity index (χ0n) is 11.8. The average Bonchev–Trinajstić information content (AvgIpc) is 2.97. The lowest BCUT2D eigenvalue weighted by atomic mass is 9.70. The zero-order chi connectivity index (χ0) is 15.3. The first-order chi connectivity index (χ1) is 10.6. The van der Waals surface area contributed by atoms with E-state index in [2.05, 4.69) is 0 Å². The van der Waals surface area contributed by atoms with Crippen LogP contribution in [0.1, 0.15) is 0 Å². The molecule has 0 radical (unpaired) electrons. The second-order valence-electron chi connectivity index (χ2n) is 6.09. The number of hydrogen-bond donors (Lipinski definition) is 2. The number of hydrogen-bond acceptors (Lipinski definition) is 4. The SMILES string of the molecule is O=C(Oc1ccccc1)C1C2C=CC13C=C(O)C=CC3C2O. The topological polar surface area (TPSA) is 66.8 Å². The summed E-state index contributed by atoms with van der Waals surface area (Å²) in [5.74, 6) is -0.768. The van der Waals surface area contributed by atoms with Crippen molar-refractivity contribution in [1.82, 2.24) is 0 Å². The second kappa shape index (κ2) is 4.58. The number of aliphatic hydroxyl groups excluding tert-OH is 2. The minimum atomic E-state index is -0.686. The fourth-order valence-electron chi connectivity index (χ4n) is 4.04. The van der Waals surface area contributed by atoms with Crippen LogP contribution in [0.2, 0.25) is 0 Å². The molecule has 5 unspecified atom stereocenters. The number of para-hydroxylation sites is 1. The monoisotopic (exact) mass is 296 g/mol. The highest BCUT2D eigenvalue weighted by atomic mass is 16.5. The summed E-state index contributed by atoms with van der Waals surface area (Å²) in [5.41, 5.74) is -0.686. The molecule has 0 aliphatic heterocycles. The van der Waals surface area contributed by atoms with Gasteiger partial charge in [-0.25, -0.2) is 0 Å². The summed E-state index contributed by atoms with van der Waals surface area (Å²) in [5, 5.41) is 20.3. The molecular formula is C18H16O4. The molecule has 1 spiro atoms. The zero-order valence-corrected chi connectivity index (χ0v) is 11.8. The minimum absolute atomic E-state index is 0.119. The van der Waals surface area contributed by atoms with E-state index in [-0.39, 0.29) is 23.6 Å². The van der Waals surface area contributed by atoms with Crippen LogP contribution in [0.25, 0.3) is 0 Å². The van der Waals surface area contributed by atoms with Crippen molar-refractivity contribution in [2.45, 2.75) is 6.10 Å². The van der Waals surface area contributed by atoms with Crippen molar-refractivity contribution in [2.75, 3.05) is 0 Å². The molecule has 4 nitrogen and oxygen atoms in total. The van der Waals surface area contributed by atoms with Crippen LogP contribution in [0.4, 0.5) is 0 Å². The van der Waals surface area contributed by atoms with Gasteiger partial charge in [0.15, 0.2) is 0 Å². The lowest BCUT2D eigenvalue weighted by Crippen LogP contribution is -2.36. The molecule has 1 aromatic rings. The van der Waals surface area contributed by atoms with Crippen molar-refractivity contribution in [3.05, 3.63) is 66.5 Å². The third-order valence-electron chi connectivity index (χ3n) is 4.96. The van der Waals surface area contributed by atoms with Gasteiger partial charge in [0.2, 0.25) is 0 Å². The van der Waals surface area contributed by atoms with E-state index in [1.165, 1.54) is 0 Å². The molecule has 1 saturated carbocycles. The molecule has 1 aromatic carbocycles. The first-order valence-corrected chi connectivity index (χ1v) is 7.36. The van der Waals surface area contributed by atoms with E-state index in [4.69, 9.17) is 4.74 Å². The third-order valence-corrected chi connectivity index (χ3v) is 4.96. The van der Waals surface area contributed by atoms with Crippen LogP contribution in [0.3, 0.4) is 0 Å². The Morgan fingerprint density at radius 2 is 1.95 bits per heavy atom. The van der Waals surface area contributed by atoms with Gasteiger partial charge in [0.05, 0.1) is 12.0 Å². The van der Waals surface area contributed by atoms with E-state index in [0.717, 1.165) is 0 Å². The Morgan fingerprint density at radius 1 is 1.18 bits per heavy atom. The van der Waals surface area contributed by atoms with Gasteiger partial charge in [-0.3, -0.25) is 4.79 Å². The smallest absolute Gasteiger partial charge is 0.316 e. The lowest BCUT2D eigenvalue weighted by molar-refractivity contribution is -0.141. The Balaban J connectivity index is 1.68. The molecule has 112 valence electrons. The van der Waals surface area contributed by atoms with E-state index in [1.807, 2.05) is 18.2 Å². The summed E-state index contributed by atoms with van der Waals surface area (Å²) in [6.07, 6.45) is 8.17. The Kier molecular flexibility index (Phi) is 2.78. The van der Waals surface area contributed by atoms with Crippen molar-refractivity contribution in [2.24, 2.45) is 23.2 Å². The molecule has 0 amide bonds. The predicted octanol–water partition coefficient (Wildman–Crippen LogP) is 2.38. The number of allylic oxidation sites excluding steroid dienone is 3. The Hall–Kier alpha value is -2.33. The maximum atomic E-state index is 12.7. The molecule has 22 heavy (non-hydrogen) atoms. The van der Waals surface area contributed by atoms with Gasteiger partial charge in [0.1, 0.15) is 11.5 Å². The summed E-state index contributed by atoms with van der Waals surface area (Å²) in [6.45, 7) is 0. The van der Waals surface area contributed by atoms with Crippen LogP contribution in [-0.2, 0) is 4.79 Å². The third kappa shape index (κ3) is 1.70. The van der Waals surface area contributed by atoms with Gasteiger partial charge in [0.25, 0.3) is 0 Å². The summed E-state index contributed by atoms with van der Waals surface area (Å²) in [6, 6.07) is 8.90. The highest BCUT2D eigenvalue weighted by Gasteiger charge is 2.63. The normalized spacial score (nSPS) is 37.8. The molecule has 4 rings (SSSR count). The fraction of sp³-hybridized carbons (Fsp3) is 0.278. The summed E-state index contributed by atoms with van der Waals surface area (Å²) >= 11 is 0. The first-order valence-electron chi connectivity index (χ1n) is 7.36. The molecule has 0 aromatic heterocycles. The minimum Gasteiger partial charge on any atom is -0.508 e. The molecule has 0 heterocycles. The highest BCUT2D eigenvalue weighted by Crippen LogP contribution is 2.60. The van der Waals surface area contributed by atoms with Gasteiger partial charge < -0.3 is 14.9 Å². The number of aliphatic hydroxyl groups is 2. The van der Waals surface area contributed by atoms with Crippen LogP contribution in [0, 0.1) is 23.2 Å². The Morgan fingerprint density at radius 3 is 2.73 bits per heavy atom. The summed E-state index contributed by atoms with van der Waals surface area (Å²) in [4.78, 5) is 12.7. The van der Waals surface area contributed by atoms with Crippen molar-refractivity contribution in [3.8, 4) is 5.75 Å². The predicted molar refractivity (Wildman–Crippen MR) is 80.0 cm³/mol. The number of ether oxygens (including phenoxy) is 1. The van der Waals surface area contributed by atoms with Crippen LogP contribution in [-0.4, -0.2) is 22.3 Å². The standard InChI is InChI=1S/C18H16O4/c19-11-6-7-14-16(20)13-8-9-18(14,10-11)15(13)17(21)22-12-4-2-1-3-5-12/h1-10,13-16,19-20H. The van der Waals surface area contributed by atoms with Crippen molar-refractivity contribution < 1.29 is 19.7 Å². The Labute approximate surface area is 128 Å². The van der Waals surface area contributed by atoms with Gasteiger partial charge in [0, 0.05) is 17.3 Å². The van der Waals surface area contributed by atoms with E-state index < -0.39 is 17.4 Å². The van der Waals surface area contributed by atoms with E-state index in [0.29, 0.717) is 5.75 Å². The largest absolute Gasteiger partial charge is 0.508 e. The molecule has 4 heteroatoms. The molecule has 0 saturated heterocycles. The summed E-state index contributed by atoms with van der Waals surface area (Å²) < 4.78 is 5.48. The number of carbonyl (C=O) groups excluding carboxylic acids is 1. The second-order valence-corrected chi connectivity index (χ2v) is 6.09. The number of esters is 1. The average molecular weight is 296 g/mol. The van der Waals surface area contributed by atoms with E-state index >= 15 is 0 Å². The van der Waals surface area contributed by atoms with Gasteiger partial charge in [-0.2, -0.15) is 0 Å². The molecule has 3 aliphatic carbocycles. The van der Waals surface area contributed by atoms with Gasteiger partial charge in [-0.1, -0.05) is 36.4 Å². The quantitative estimate of drug-likeness (QED) is 0.499. The molecule has 3 aliphatic rings. The number of fused-ring (bicyclic) bond motifs is 1. The molecule has 5 atom stereocenters. The van der Waals surface area contributed by atoms with Crippen molar-refractivity contribution in [3.63, 3.8) is 0 Å². The Bertz CT molecular complexity index is 703. The highest BCUT2D eigenvalue weighted by molar-refractivity contribution is 5.80. The maximum absolute atomic E-state index is 12.7.